The normalized spacial score (nSPS) is 14.4. The summed E-state index contributed by atoms with van der Waals surface area (Å²) in [4.78, 5) is 2.45. The Labute approximate surface area is 328 Å². The SMILES string of the molecule is CC1(C)c2ccccc2-c2ccc(-c3ccc(N(c4ccc(-c5cccc6oc7ccccc7c56)cc4)c4cccc5c4-c4ccccc4C5(C)C)cc3)cc21. The van der Waals surface area contributed by atoms with E-state index in [0.717, 1.165) is 38.9 Å². The van der Waals surface area contributed by atoms with Gasteiger partial charge >= 0.3 is 0 Å². The van der Waals surface area contributed by atoms with E-state index in [9.17, 15) is 0 Å². The van der Waals surface area contributed by atoms with E-state index >= 15 is 0 Å². The third kappa shape index (κ3) is 4.69. The Morgan fingerprint density at radius 3 is 1.70 bits per heavy atom. The van der Waals surface area contributed by atoms with Crippen molar-refractivity contribution in [3.05, 3.63) is 198 Å². The number of furan rings is 1. The quantitative estimate of drug-likeness (QED) is 0.176. The first-order chi connectivity index (χ1) is 27.3. The van der Waals surface area contributed by atoms with E-state index in [1.165, 1.54) is 66.9 Å². The second kappa shape index (κ2) is 11.9. The molecule has 2 heteroatoms. The summed E-state index contributed by atoms with van der Waals surface area (Å²) < 4.78 is 6.26. The fraction of sp³-hybridized carbons (Fsp3) is 0.111. The Balaban J connectivity index is 1.04. The van der Waals surface area contributed by atoms with Gasteiger partial charge in [0.05, 0.1) is 5.69 Å². The van der Waals surface area contributed by atoms with Gasteiger partial charge in [0.25, 0.3) is 0 Å². The van der Waals surface area contributed by atoms with Crippen LogP contribution in [-0.4, -0.2) is 0 Å². The first kappa shape index (κ1) is 32.8. The molecule has 2 nitrogen and oxygen atoms in total. The fourth-order valence-electron chi connectivity index (χ4n) is 9.84. The van der Waals surface area contributed by atoms with Crippen LogP contribution in [0.25, 0.3) is 66.4 Å². The zero-order chi connectivity index (χ0) is 37.8. The molecule has 2 aliphatic rings. The molecule has 0 N–H and O–H groups in total. The van der Waals surface area contributed by atoms with Crippen molar-refractivity contribution in [3.8, 4) is 44.5 Å². The maximum Gasteiger partial charge on any atom is 0.136 e. The zero-order valence-corrected chi connectivity index (χ0v) is 32.1. The Kier molecular flexibility index (Phi) is 6.98. The molecule has 9 aromatic rings. The van der Waals surface area contributed by atoms with E-state index < -0.39 is 0 Å². The molecule has 268 valence electrons. The van der Waals surface area contributed by atoms with Gasteiger partial charge in [-0.25, -0.2) is 0 Å². The fourth-order valence-corrected chi connectivity index (χ4v) is 9.84. The molecule has 0 fully saturated rings. The first-order valence-electron chi connectivity index (χ1n) is 19.7. The number of fused-ring (bicyclic) bond motifs is 9. The lowest BCUT2D eigenvalue weighted by atomic mass is 9.81. The van der Waals surface area contributed by atoms with Crippen LogP contribution in [0.3, 0.4) is 0 Å². The highest BCUT2D eigenvalue weighted by atomic mass is 16.3. The van der Waals surface area contributed by atoms with Gasteiger partial charge in [-0.1, -0.05) is 155 Å². The van der Waals surface area contributed by atoms with Crippen LogP contribution in [-0.2, 0) is 10.8 Å². The largest absolute Gasteiger partial charge is 0.456 e. The van der Waals surface area contributed by atoms with E-state index in [-0.39, 0.29) is 10.8 Å². The molecule has 8 aromatic carbocycles. The third-order valence-electron chi connectivity index (χ3n) is 12.7. The molecular weight excluding hydrogens is 679 g/mol. The van der Waals surface area contributed by atoms with Crippen molar-refractivity contribution in [1.29, 1.82) is 0 Å². The first-order valence-corrected chi connectivity index (χ1v) is 19.7. The highest BCUT2D eigenvalue weighted by molar-refractivity contribution is 6.12. The number of nitrogens with zero attached hydrogens (tertiary/aromatic N) is 1. The third-order valence-corrected chi connectivity index (χ3v) is 12.7. The van der Waals surface area contributed by atoms with Crippen molar-refractivity contribution < 1.29 is 4.42 Å². The summed E-state index contributed by atoms with van der Waals surface area (Å²) >= 11 is 0. The second-order valence-corrected chi connectivity index (χ2v) is 16.5. The Bertz CT molecular complexity index is 3010. The highest BCUT2D eigenvalue weighted by Gasteiger charge is 2.38. The predicted molar refractivity (Wildman–Crippen MR) is 234 cm³/mol. The van der Waals surface area contributed by atoms with Crippen LogP contribution in [0.2, 0.25) is 0 Å². The summed E-state index contributed by atoms with van der Waals surface area (Å²) in [5, 5.41) is 2.29. The zero-order valence-electron chi connectivity index (χ0n) is 32.1. The molecule has 0 amide bonds. The van der Waals surface area contributed by atoms with Gasteiger partial charge in [0, 0.05) is 38.5 Å². The Morgan fingerprint density at radius 1 is 0.393 bits per heavy atom. The van der Waals surface area contributed by atoms with Crippen LogP contribution < -0.4 is 4.90 Å². The molecule has 0 bridgehead atoms. The van der Waals surface area contributed by atoms with Crippen LogP contribution in [0.15, 0.2) is 180 Å². The Morgan fingerprint density at radius 2 is 0.929 bits per heavy atom. The van der Waals surface area contributed by atoms with Gasteiger partial charge < -0.3 is 9.32 Å². The standard InChI is InChI=1S/C54H41NO/c1-53(2)45-18-9-6-14-42(45)52-46(53)19-12-20-48(52)55(38-30-25-35(26-31-38)39-16-11-22-50-51(39)43-15-7-10-21-49(43)56-50)37-28-23-34(24-29-37)36-27-32-41-40-13-5-8-17-44(40)54(3,4)47(41)33-36/h5-33H,1-4H3. The molecule has 0 saturated heterocycles. The summed E-state index contributed by atoms with van der Waals surface area (Å²) in [7, 11) is 0. The smallest absolute Gasteiger partial charge is 0.136 e. The van der Waals surface area contributed by atoms with E-state index in [1.54, 1.807) is 0 Å². The van der Waals surface area contributed by atoms with E-state index in [2.05, 4.69) is 196 Å². The minimum atomic E-state index is -0.103. The molecule has 1 heterocycles. The molecule has 0 atom stereocenters. The summed E-state index contributed by atoms with van der Waals surface area (Å²) in [5.41, 5.74) is 20.7. The average Bonchev–Trinajstić information content (AvgIpc) is 3.82. The molecule has 0 radical (unpaired) electrons. The molecule has 0 unspecified atom stereocenters. The van der Waals surface area contributed by atoms with Crippen molar-refractivity contribution in [2.75, 3.05) is 4.90 Å². The van der Waals surface area contributed by atoms with Gasteiger partial charge in [-0.05, 0) is 110 Å². The van der Waals surface area contributed by atoms with Gasteiger partial charge in [-0.2, -0.15) is 0 Å². The van der Waals surface area contributed by atoms with Gasteiger partial charge in [0.1, 0.15) is 11.2 Å². The maximum atomic E-state index is 6.26. The molecule has 2 aliphatic carbocycles. The monoisotopic (exact) mass is 719 g/mol. The topological polar surface area (TPSA) is 16.4 Å². The van der Waals surface area contributed by atoms with Crippen molar-refractivity contribution in [1.82, 2.24) is 0 Å². The minimum Gasteiger partial charge on any atom is -0.456 e. The van der Waals surface area contributed by atoms with Crippen LogP contribution in [0.1, 0.15) is 49.9 Å². The summed E-state index contributed by atoms with van der Waals surface area (Å²) in [5.74, 6) is 0. The van der Waals surface area contributed by atoms with Crippen LogP contribution >= 0.6 is 0 Å². The predicted octanol–water partition coefficient (Wildman–Crippen LogP) is 15.0. The van der Waals surface area contributed by atoms with Crippen LogP contribution in [0.4, 0.5) is 17.1 Å². The molecule has 0 aliphatic heterocycles. The molecular formula is C54H41NO. The maximum absolute atomic E-state index is 6.26. The van der Waals surface area contributed by atoms with Crippen molar-refractivity contribution in [2.24, 2.45) is 0 Å². The van der Waals surface area contributed by atoms with Crippen LogP contribution in [0, 0.1) is 0 Å². The lowest BCUT2D eigenvalue weighted by Gasteiger charge is -2.29. The second-order valence-electron chi connectivity index (χ2n) is 16.5. The number of hydrogen-bond donors (Lipinski definition) is 0. The van der Waals surface area contributed by atoms with Crippen molar-refractivity contribution >= 4 is 39.0 Å². The number of hydrogen-bond acceptors (Lipinski definition) is 2. The Hall–Kier alpha value is -6.64. The van der Waals surface area contributed by atoms with E-state index in [4.69, 9.17) is 4.42 Å². The molecule has 0 spiro atoms. The van der Waals surface area contributed by atoms with Gasteiger partial charge in [0.2, 0.25) is 0 Å². The van der Waals surface area contributed by atoms with Crippen LogP contribution in [0.5, 0.6) is 0 Å². The molecule has 1 aromatic heterocycles. The van der Waals surface area contributed by atoms with Gasteiger partial charge in [0.15, 0.2) is 0 Å². The van der Waals surface area contributed by atoms with Crippen molar-refractivity contribution in [2.45, 2.75) is 38.5 Å². The molecule has 11 rings (SSSR count). The number of anilines is 3. The molecule has 0 saturated carbocycles. The molecule has 56 heavy (non-hydrogen) atoms. The summed E-state index contributed by atoms with van der Waals surface area (Å²) in [6.45, 7) is 9.41. The highest BCUT2D eigenvalue weighted by Crippen LogP contribution is 2.55. The number of rotatable bonds is 5. The summed E-state index contributed by atoms with van der Waals surface area (Å²) in [6, 6.07) is 64.6. The van der Waals surface area contributed by atoms with E-state index in [0.29, 0.717) is 0 Å². The van der Waals surface area contributed by atoms with Gasteiger partial charge in [-0.15, -0.1) is 0 Å². The van der Waals surface area contributed by atoms with E-state index in [1.807, 2.05) is 12.1 Å². The van der Waals surface area contributed by atoms with Crippen molar-refractivity contribution in [3.63, 3.8) is 0 Å². The number of benzene rings is 8. The minimum absolute atomic E-state index is 0.0428. The lowest BCUT2D eigenvalue weighted by molar-refractivity contribution is 0.660. The van der Waals surface area contributed by atoms with Gasteiger partial charge in [-0.3, -0.25) is 0 Å². The lowest BCUT2D eigenvalue weighted by Crippen LogP contribution is -2.16. The summed E-state index contributed by atoms with van der Waals surface area (Å²) in [6.07, 6.45) is 0. The number of para-hydroxylation sites is 1. The average molecular weight is 720 g/mol.